The quantitative estimate of drug-likeness (QED) is 0.251. The molecule has 38 heavy (non-hydrogen) atoms. The molecule has 3 rings (SSSR count). The van der Waals surface area contributed by atoms with Crippen molar-refractivity contribution in [3.05, 3.63) is 69.7 Å². The standard InChI is InChI=1S/C27H31Cl2F3N4O2/c28-23-11-5-20(19-24(23)29)6-12-25(37)33-13-3-1-2-4-14-35-15-17-36(18-16-35)26(38)34-22-9-7-21(8-10-22)27(30,31)32/h5-12,19H,1-4,13-18H2,(H,33,37)(H,34,38)/b12-6+. The molecule has 6 nitrogen and oxygen atoms in total. The van der Waals surface area contributed by atoms with Gasteiger partial charge in [0.1, 0.15) is 0 Å². The molecule has 1 heterocycles. The van der Waals surface area contributed by atoms with Crippen LogP contribution in [0.15, 0.2) is 48.5 Å². The molecule has 1 aliphatic rings. The smallest absolute Gasteiger partial charge is 0.353 e. The van der Waals surface area contributed by atoms with Crippen molar-refractivity contribution in [3.63, 3.8) is 0 Å². The fraction of sp³-hybridized carbons (Fsp3) is 0.407. The number of urea groups is 1. The Kier molecular flexibility index (Phi) is 11.3. The number of anilines is 1. The third-order valence-corrected chi connectivity index (χ3v) is 6.93. The van der Waals surface area contributed by atoms with Crippen LogP contribution >= 0.6 is 23.2 Å². The van der Waals surface area contributed by atoms with E-state index in [2.05, 4.69) is 15.5 Å². The summed E-state index contributed by atoms with van der Waals surface area (Å²) in [6.45, 7) is 4.18. The number of unbranched alkanes of at least 4 members (excludes halogenated alkanes) is 3. The Morgan fingerprint density at radius 2 is 1.58 bits per heavy atom. The van der Waals surface area contributed by atoms with E-state index in [9.17, 15) is 22.8 Å². The molecule has 0 unspecified atom stereocenters. The summed E-state index contributed by atoms with van der Waals surface area (Å²) in [6, 6.07) is 9.30. The highest BCUT2D eigenvalue weighted by Crippen LogP contribution is 2.30. The predicted molar refractivity (Wildman–Crippen MR) is 145 cm³/mol. The number of hydrogen-bond acceptors (Lipinski definition) is 3. The van der Waals surface area contributed by atoms with E-state index in [-0.39, 0.29) is 11.9 Å². The normalized spacial score (nSPS) is 14.6. The Balaban J connectivity index is 1.23. The van der Waals surface area contributed by atoms with Crippen molar-refractivity contribution in [2.75, 3.05) is 44.6 Å². The van der Waals surface area contributed by atoms with E-state index in [1.54, 1.807) is 29.2 Å². The van der Waals surface area contributed by atoms with Crippen LogP contribution in [0.1, 0.15) is 36.8 Å². The molecule has 1 fully saturated rings. The number of piperazine rings is 1. The zero-order chi connectivity index (χ0) is 27.5. The minimum absolute atomic E-state index is 0.156. The van der Waals surface area contributed by atoms with E-state index in [1.807, 2.05) is 0 Å². The molecule has 0 saturated carbocycles. The number of carbonyl (C=O) groups is 2. The molecular formula is C27H31Cl2F3N4O2. The Bertz CT molecular complexity index is 1100. The lowest BCUT2D eigenvalue weighted by atomic mass is 10.1. The zero-order valence-electron chi connectivity index (χ0n) is 20.9. The lowest BCUT2D eigenvalue weighted by molar-refractivity contribution is -0.137. The Labute approximate surface area is 230 Å². The van der Waals surface area contributed by atoms with E-state index in [1.165, 1.54) is 18.2 Å². The number of rotatable bonds is 10. The first-order chi connectivity index (χ1) is 18.1. The van der Waals surface area contributed by atoms with E-state index < -0.39 is 11.7 Å². The lowest BCUT2D eigenvalue weighted by Crippen LogP contribution is -2.50. The number of benzene rings is 2. The molecule has 0 bridgehead atoms. The molecule has 0 atom stereocenters. The van der Waals surface area contributed by atoms with Crippen LogP contribution < -0.4 is 10.6 Å². The number of carbonyl (C=O) groups excluding carboxylic acids is 2. The van der Waals surface area contributed by atoms with Gasteiger partial charge in [-0.1, -0.05) is 42.1 Å². The van der Waals surface area contributed by atoms with E-state index in [4.69, 9.17) is 23.2 Å². The van der Waals surface area contributed by atoms with Gasteiger partial charge in [0.25, 0.3) is 0 Å². The maximum atomic E-state index is 12.7. The second-order valence-corrected chi connectivity index (χ2v) is 9.86. The monoisotopic (exact) mass is 570 g/mol. The van der Waals surface area contributed by atoms with Crippen molar-refractivity contribution in [1.82, 2.24) is 15.1 Å². The van der Waals surface area contributed by atoms with Gasteiger partial charge >= 0.3 is 12.2 Å². The molecule has 0 aromatic heterocycles. The van der Waals surface area contributed by atoms with Crippen LogP contribution in [0.25, 0.3) is 6.08 Å². The van der Waals surface area contributed by atoms with Gasteiger partial charge in [-0.05, 0) is 67.4 Å². The summed E-state index contributed by atoms with van der Waals surface area (Å²) in [6.07, 6.45) is 2.74. The summed E-state index contributed by atoms with van der Waals surface area (Å²) < 4.78 is 38.0. The first-order valence-corrected chi connectivity index (χ1v) is 13.2. The van der Waals surface area contributed by atoms with Crippen molar-refractivity contribution >= 4 is 46.9 Å². The van der Waals surface area contributed by atoms with E-state index in [0.29, 0.717) is 35.4 Å². The third kappa shape index (κ3) is 9.85. The number of nitrogens with one attached hydrogen (secondary N) is 2. The number of amides is 3. The molecule has 11 heteroatoms. The summed E-state index contributed by atoms with van der Waals surface area (Å²) in [5.41, 5.74) is 0.390. The summed E-state index contributed by atoms with van der Waals surface area (Å²) in [4.78, 5) is 28.4. The Morgan fingerprint density at radius 3 is 2.24 bits per heavy atom. The van der Waals surface area contributed by atoms with Crippen LogP contribution in [0.2, 0.25) is 10.0 Å². The predicted octanol–water partition coefficient (Wildman–Crippen LogP) is 6.55. The molecule has 2 aromatic carbocycles. The summed E-state index contributed by atoms with van der Waals surface area (Å²) in [5, 5.41) is 6.45. The Morgan fingerprint density at radius 1 is 0.895 bits per heavy atom. The largest absolute Gasteiger partial charge is 0.416 e. The topological polar surface area (TPSA) is 64.7 Å². The van der Waals surface area contributed by atoms with Gasteiger partial charge in [0.15, 0.2) is 0 Å². The van der Waals surface area contributed by atoms with Gasteiger partial charge in [-0.3, -0.25) is 9.69 Å². The molecule has 2 N–H and O–H groups in total. The van der Waals surface area contributed by atoms with Gasteiger partial charge in [0.05, 0.1) is 15.6 Å². The third-order valence-electron chi connectivity index (χ3n) is 6.19. The average Bonchev–Trinajstić information content (AvgIpc) is 2.89. The Hall–Kier alpha value is -2.75. The number of hydrogen-bond donors (Lipinski definition) is 2. The molecule has 2 aromatic rings. The van der Waals surface area contributed by atoms with Gasteiger partial charge in [-0.15, -0.1) is 0 Å². The number of halogens is 5. The van der Waals surface area contributed by atoms with Crippen molar-refractivity contribution in [2.45, 2.75) is 31.9 Å². The van der Waals surface area contributed by atoms with Crippen molar-refractivity contribution < 1.29 is 22.8 Å². The lowest BCUT2D eigenvalue weighted by Gasteiger charge is -2.34. The fourth-order valence-electron chi connectivity index (χ4n) is 3.99. The van der Waals surface area contributed by atoms with Crippen LogP contribution in [0.5, 0.6) is 0 Å². The molecular weight excluding hydrogens is 540 g/mol. The van der Waals surface area contributed by atoms with Gasteiger partial charge in [0.2, 0.25) is 5.91 Å². The molecule has 0 aliphatic carbocycles. The minimum Gasteiger partial charge on any atom is -0.353 e. The minimum atomic E-state index is -4.40. The maximum absolute atomic E-state index is 12.7. The van der Waals surface area contributed by atoms with Crippen molar-refractivity contribution in [1.29, 1.82) is 0 Å². The number of nitrogens with zero attached hydrogens (tertiary/aromatic N) is 2. The molecule has 0 radical (unpaired) electrons. The zero-order valence-corrected chi connectivity index (χ0v) is 22.4. The van der Waals surface area contributed by atoms with Crippen LogP contribution in [0, 0.1) is 0 Å². The highest BCUT2D eigenvalue weighted by atomic mass is 35.5. The summed E-state index contributed by atoms with van der Waals surface area (Å²) in [5.74, 6) is -0.156. The van der Waals surface area contributed by atoms with Crippen molar-refractivity contribution in [3.8, 4) is 0 Å². The highest BCUT2D eigenvalue weighted by Gasteiger charge is 2.30. The number of alkyl halides is 3. The van der Waals surface area contributed by atoms with Gasteiger partial charge in [0, 0.05) is 44.5 Å². The molecule has 1 saturated heterocycles. The maximum Gasteiger partial charge on any atom is 0.416 e. The first kappa shape index (κ1) is 29.8. The van der Waals surface area contributed by atoms with Crippen molar-refractivity contribution in [2.24, 2.45) is 0 Å². The molecule has 0 spiro atoms. The summed E-state index contributed by atoms with van der Waals surface area (Å²) in [7, 11) is 0. The van der Waals surface area contributed by atoms with Crippen LogP contribution in [0.3, 0.4) is 0 Å². The van der Waals surface area contributed by atoms with Gasteiger partial charge in [-0.25, -0.2) is 4.79 Å². The second kappa shape index (κ2) is 14.4. The van der Waals surface area contributed by atoms with E-state index in [0.717, 1.165) is 63.0 Å². The van der Waals surface area contributed by atoms with Gasteiger partial charge < -0.3 is 15.5 Å². The SMILES string of the molecule is O=C(/C=C/c1ccc(Cl)c(Cl)c1)NCCCCCCN1CCN(C(=O)Nc2ccc(C(F)(F)F)cc2)CC1. The molecule has 206 valence electrons. The summed E-state index contributed by atoms with van der Waals surface area (Å²) >= 11 is 11.9. The van der Waals surface area contributed by atoms with Gasteiger partial charge in [-0.2, -0.15) is 13.2 Å². The fourth-order valence-corrected chi connectivity index (χ4v) is 4.30. The average molecular weight is 571 g/mol. The molecule has 1 aliphatic heterocycles. The van der Waals surface area contributed by atoms with Crippen LogP contribution in [-0.4, -0.2) is 61.0 Å². The first-order valence-electron chi connectivity index (χ1n) is 12.5. The molecule has 3 amide bonds. The second-order valence-electron chi connectivity index (χ2n) is 9.05. The van der Waals surface area contributed by atoms with Crippen LogP contribution in [0.4, 0.5) is 23.7 Å². The highest BCUT2D eigenvalue weighted by molar-refractivity contribution is 6.42. The van der Waals surface area contributed by atoms with E-state index >= 15 is 0 Å². The van der Waals surface area contributed by atoms with Crippen LogP contribution in [-0.2, 0) is 11.0 Å².